The highest BCUT2D eigenvalue weighted by molar-refractivity contribution is 7.92. The first kappa shape index (κ1) is 17.3. The molecule has 0 amide bonds. The van der Waals surface area contributed by atoms with E-state index in [2.05, 4.69) is 4.99 Å². The summed E-state index contributed by atoms with van der Waals surface area (Å²) in [6, 6.07) is 3.20. The summed E-state index contributed by atoms with van der Waals surface area (Å²) in [5.74, 6) is -0.753. The number of sulfone groups is 1. The van der Waals surface area contributed by atoms with E-state index in [4.69, 9.17) is 5.73 Å². The van der Waals surface area contributed by atoms with E-state index in [9.17, 15) is 22.9 Å². The van der Waals surface area contributed by atoms with Crippen molar-refractivity contribution in [2.24, 2.45) is 10.7 Å². The minimum Gasteiger partial charge on any atom is -0.386 e. The number of non-ortho nitro benzene ring substituents is 1. The molecule has 2 rings (SSSR count). The number of hydrogen-bond donors (Lipinski definition) is 1. The van der Waals surface area contributed by atoms with Crippen molar-refractivity contribution < 1.29 is 17.7 Å². The molecule has 0 aromatic heterocycles. The Bertz CT molecular complexity index is 808. The summed E-state index contributed by atoms with van der Waals surface area (Å²) in [5, 5.41) is 10.9. The van der Waals surface area contributed by atoms with E-state index in [0.717, 1.165) is 24.5 Å². The van der Waals surface area contributed by atoms with Crippen LogP contribution in [-0.4, -0.2) is 30.2 Å². The Balaban J connectivity index is 2.58. The lowest BCUT2D eigenvalue weighted by Crippen LogP contribution is -2.52. The molecule has 9 heteroatoms. The number of aliphatic imine (C=N–C) groups is 1. The molecule has 2 N–H and O–H groups in total. The zero-order valence-corrected chi connectivity index (χ0v) is 13.9. The number of nitrogens with two attached hydrogens (primary N) is 1. The van der Waals surface area contributed by atoms with E-state index in [0.29, 0.717) is 0 Å². The number of rotatable bonds is 3. The molecular weight excluding hydrogens is 325 g/mol. The van der Waals surface area contributed by atoms with Crippen LogP contribution in [0.5, 0.6) is 0 Å². The van der Waals surface area contributed by atoms with Crippen LogP contribution in [-0.2, 0) is 15.4 Å². The topological polar surface area (TPSA) is 116 Å². The maximum absolute atomic E-state index is 14.2. The highest BCUT2D eigenvalue weighted by atomic mass is 32.2. The number of halogens is 1. The van der Waals surface area contributed by atoms with Crippen LogP contribution in [0, 0.1) is 15.9 Å². The molecule has 0 radical (unpaired) electrons. The molecule has 1 aromatic carbocycles. The second-order valence-corrected chi connectivity index (χ2v) is 8.64. The van der Waals surface area contributed by atoms with E-state index in [-0.39, 0.29) is 29.9 Å². The van der Waals surface area contributed by atoms with Crippen LogP contribution in [0.25, 0.3) is 0 Å². The molecule has 0 spiro atoms. The van der Waals surface area contributed by atoms with E-state index >= 15 is 0 Å². The molecule has 2 atom stereocenters. The minimum atomic E-state index is -3.50. The molecule has 0 saturated heterocycles. The Labute approximate surface area is 133 Å². The summed E-state index contributed by atoms with van der Waals surface area (Å²) < 4.78 is 36.8. The summed E-state index contributed by atoms with van der Waals surface area (Å²) >= 11 is 0. The summed E-state index contributed by atoms with van der Waals surface area (Å²) in [7, 11) is -3.50. The molecule has 1 unspecified atom stereocenters. The lowest BCUT2D eigenvalue weighted by Gasteiger charge is -2.39. The third-order valence-electron chi connectivity index (χ3n) is 4.56. The summed E-state index contributed by atoms with van der Waals surface area (Å²) in [4.78, 5) is 14.5. The molecule has 0 aliphatic carbocycles. The Morgan fingerprint density at radius 1 is 1.35 bits per heavy atom. The molecule has 1 aliphatic rings. The van der Waals surface area contributed by atoms with E-state index < -0.39 is 30.9 Å². The SMILES string of the molecule is CC1(S(C)(=O)=O)CC[C@@](C)(c2cc([N+](=O)[O-])ccc2F)N=C1N. The molecule has 126 valence electrons. The van der Waals surface area contributed by atoms with Gasteiger partial charge in [-0.1, -0.05) is 0 Å². The van der Waals surface area contributed by atoms with Gasteiger partial charge in [0.15, 0.2) is 9.84 Å². The Kier molecular flexibility index (Phi) is 3.96. The van der Waals surface area contributed by atoms with Gasteiger partial charge in [0.25, 0.3) is 5.69 Å². The Hall–Kier alpha value is -2.03. The fourth-order valence-corrected chi connectivity index (χ4v) is 3.56. The molecule has 1 aromatic rings. The van der Waals surface area contributed by atoms with Crippen molar-refractivity contribution in [2.75, 3.05) is 6.26 Å². The molecular formula is C14H18FN3O4S. The van der Waals surface area contributed by atoms with Gasteiger partial charge in [0.05, 0.1) is 10.5 Å². The van der Waals surface area contributed by atoms with Gasteiger partial charge in [-0.25, -0.2) is 12.8 Å². The third-order valence-corrected chi connectivity index (χ3v) is 6.61. The van der Waals surface area contributed by atoms with Crippen LogP contribution in [0.2, 0.25) is 0 Å². The number of nitro benzene ring substituents is 1. The minimum absolute atomic E-state index is 0.0326. The van der Waals surface area contributed by atoms with Crippen molar-refractivity contribution in [3.05, 3.63) is 39.7 Å². The summed E-state index contributed by atoms with van der Waals surface area (Å²) in [6.07, 6.45) is 1.43. The normalized spacial score (nSPS) is 28.3. The van der Waals surface area contributed by atoms with Gasteiger partial charge in [-0.05, 0) is 32.8 Å². The number of nitrogens with zero attached hydrogens (tertiary/aromatic N) is 2. The van der Waals surface area contributed by atoms with Crippen molar-refractivity contribution in [3.63, 3.8) is 0 Å². The predicted molar refractivity (Wildman–Crippen MR) is 84.5 cm³/mol. The highest BCUT2D eigenvalue weighted by Crippen LogP contribution is 2.41. The van der Waals surface area contributed by atoms with Gasteiger partial charge >= 0.3 is 0 Å². The second-order valence-electron chi connectivity index (χ2n) is 6.20. The fourth-order valence-electron chi connectivity index (χ4n) is 2.66. The third kappa shape index (κ3) is 2.80. The van der Waals surface area contributed by atoms with Crippen molar-refractivity contribution >= 4 is 21.4 Å². The largest absolute Gasteiger partial charge is 0.386 e. The first-order valence-electron chi connectivity index (χ1n) is 6.90. The van der Waals surface area contributed by atoms with Gasteiger partial charge < -0.3 is 5.73 Å². The Morgan fingerprint density at radius 2 is 1.96 bits per heavy atom. The average Bonchev–Trinajstić information content (AvgIpc) is 2.42. The zero-order valence-electron chi connectivity index (χ0n) is 13.0. The van der Waals surface area contributed by atoms with Crippen LogP contribution in [0.15, 0.2) is 23.2 Å². The van der Waals surface area contributed by atoms with Gasteiger partial charge in [-0.15, -0.1) is 0 Å². The van der Waals surface area contributed by atoms with Crippen LogP contribution in [0.4, 0.5) is 10.1 Å². The van der Waals surface area contributed by atoms with Crippen LogP contribution < -0.4 is 5.73 Å². The Morgan fingerprint density at radius 3 is 2.43 bits per heavy atom. The van der Waals surface area contributed by atoms with E-state index in [1.54, 1.807) is 6.92 Å². The lowest BCUT2D eigenvalue weighted by molar-refractivity contribution is -0.385. The average molecular weight is 343 g/mol. The molecule has 1 aliphatic heterocycles. The predicted octanol–water partition coefficient (Wildman–Crippen LogP) is 1.90. The molecule has 1 heterocycles. The number of nitro groups is 1. The zero-order chi connectivity index (χ0) is 17.6. The van der Waals surface area contributed by atoms with E-state index in [1.165, 1.54) is 6.92 Å². The van der Waals surface area contributed by atoms with Gasteiger partial charge in [0.1, 0.15) is 16.4 Å². The first-order valence-corrected chi connectivity index (χ1v) is 8.80. The van der Waals surface area contributed by atoms with Crippen molar-refractivity contribution in [2.45, 2.75) is 37.0 Å². The number of benzene rings is 1. The fraction of sp³-hybridized carbons (Fsp3) is 0.500. The van der Waals surface area contributed by atoms with E-state index in [1.807, 2.05) is 0 Å². The summed E-state index contributed by atoms with van der Waals surface area (Å²) in [6.45, 7) is 3.06. The van der Waals surface area contributed by atoms with Crippen molar-refractivity contribution in [1.29, 1.82) is 0 Å². The first-order chi connectivity index (χ1) is 10.4. The number of hydrogen-bond acceptors (Lipinski definition) is 6. The molecule has 0 bridgehead atoms. The number of amidine groups is 1. The lowest BCUT2D eigenvalue weighted by atomic mass is 9.81. The smallest absolute Gasteiger partial charge is 0.270 e. The van der Waals surface area contributed by atoms with Crippen molar-refractivity contribution in [3.8, 4) is 0 Å². The van der Waals surface area contributed by atoms with Crippen LogP contribution in [0.3, 0.4) is 0 Å². The highest BCUT2D eigenvalue weighted by Gasteiger charge is 2.47. The molecule has 23 heavy (non-hydrogen) atoms. The van der Waals surface area contributed by atoms with Crippen molar-refractivity contribution in [1.82, 2.24) is 0 Å². The standard InChI is InChI=1S/C14H18FN3O4S/c1-13(10-8-9(18(19)20)4-5-11(10)15)6-7-14(2,12(16)17-13)23(3,21)22/h4-5,8H,6-7H2,1-3H3,(H2,16,17)/t13-,14?/m0/s1. The maximum Gasteiger partial charge on any atom is 0.270 e. The van der Waals surface area contributed by atoms with Crippen LogP contribution in [0.1, 0.15) is 32.3 Å². The molecule has 0 saturated carbocycles. The van der Waals surface area contributed by atoms with Crippen LogP contribution >= 0.6 is 0 Å². The van der Waals surface area contributed by atoms with Gasteiger partial charge in [-0.2, -0.15) is 0 Å². The quantitative estimate of drug-likeness (QED) is 0.665. The maximum atomic E-state index is 14.2. The van der Waals surface area contributed by atoms with Gasteiger partial charge in [-0.3, -0.25) is 15.1 Å². The molecule has 7 nitrogen and oxygen atoms in total. The van der Waals surface area contributed by atoms with Gasteiger partial charge in [0, 0.05) is 24.0 Å². The second kappa shape index (κ2) is 5.26. The molecule has 0 fully saturated rings. The monoisotopic (exact) mass is 343 g/mol. The van der Waals surface area contributed by atoms with Gasteiger partial charge in [0.2, 0.25) is 0 Å². The summed E-state index contributed by atoms with van der Waals surface area (Å²) in [5.41, 5.74) is 4.50.